The first-order valence-corrected chi connectivity index (χ1v) is 7.59. The summed E-state index contributed by atoms with van der Waals surface area (Å²) in [4.78, 5) is 23.3. The van der Waals surface area contributed by atoms with Crippen molar-refractivity contribution >= 4 is 22.0 Å². The van der Waals surface area contributed by atoms with Gasteiger partial charge in [-0.3, -0.25) is 4.79 Å². The van der Waals surface area contributed by atoms with Gasteiger partial charge in [0.15, 0.2) is 6.61 Å². The molecule has 0 radical (unpaired) electrons. The molecule has 2 aliphatic rings. The van der Waals surface area contributed by atoms with Gasteiger partial charge in [0.2, 0.25) is 10.0 Å². The Morgan fingerprint density at radius 1 is 1.19 bits per heavy atom. The SMILES string of the molecule is O=C1COC(=O)N1C1CN(S(=O)(=O)c2ccccc2F)C1. The first-order chi connectivity index (χ1) is 9.91. The average molecular weight is 314 g/mol. The number of sulfonamides is 1. The van der Waals surface area contributed by atoms with Crippen LogP contribution in [-0.4, -0.2) is 55.4 Å². The predicted molar refractivity (Wildman–Crippen MR) is 67.1 cm³/mol. The molecule has 2 amide bonds. The highest BCUT2D eigenvalue weighted by Gasteiger charge is 2.47. The van der Waals surface area contributed by atoms with Crippen molar-refractivity contribution in [3.63, 3.8) is 0 Å². The molecule has 2 heterocycles. The number of carbonyl (C=O) groups excluding carboxylic acids is 2. The molecular formula is C12H11FN2O5S. The summed E-state index contributed by atoms with van der Waals surface area (Å²) >= 11 is 0. The van der Waals surface area contributed by atoms with Crippen LogP contribution in [0.25, 0.3) is 0 Å². The smallest absolute Gasteiger partial charge is 0.417 e. The maximum absolute atomic E-state index is 13.6. The van der Waals surface area contributed by atoms with Crippen molar-refractivity contribution in [3.8, 4) is 0 Å². The Morgan fingerprint density at radius 2 is 1.86 bits per heavy atom. The zero-order valence-corrected chi connectivity index (χ0v) is 11.5. The third kappa shape index (κ3) is 2.18. The summed E-state index contributed by atoms with van der Waals surface area (Å²) < 4.78 is 43.6. The second-order valence-electron chi connectivity index (χ2n) is 4.72. The summed E-state index contributed by atoms with van der Waals surface area (Å²) in [5, 5.41) is 0. The second kappa shape index (κ2) is 4.78. The van der Waals surface area contributed by atoms with Crippen LogP contribution in [0.5, 0.6) is 0 Å². The zero-order valence-electron chi connectivity index (χ0n) is 10.7. The number of nitrogens with zero attached hydrogens (tertiary/aromatic N) is 2. The van der Waals surface area contributed by atoms with E-state index in [1.54, 1.807) is 0 Å². The highest BCUT2D eigenvalue weighted by atomic mass is 32.2. The highest BCUT2D eigenvalue weighted by molar-refractivity contribution is 7.89. The standard InChI is InChI=1S/C12H11FN2O5S/c13-9-3-1-2-4-10(9)21(18,19)14-5-8(6-14)15-11(16)7-20-12(15)17/h1-4,8H,5-7H2. The molecular weight excluding hydrogens is 303 g/mol. The molecule has 0 bridgehead atoms. The van der Waals surface area contributed by atoms with E-state index in [1.807, 2.05) is 0 Å². The van der Waals surface area contributed by atoms with E-state index in [-0.39, 0.29) is 19.7 Å². The van der Waals surface area contributed by atoms with Crippen molar-refractivity contribution in [1.29, 1.82) is 0 Å². The van der Waals surface area contributed by atoms with Crippen LogP contribution in [0.2, 0.25) is 0 Å². The molecule has 0 unspecified atom stereocenters. The molecule has 2 saturated heterocycles. The molecule has 7 nitrogen and oxygen atoms in total. The van der Waals surface area contributed by atoms with E-state index in [9.17, 15) is 22.4 Å². The van der Waals surface area contributed by atoms with Gasteiger partial charge in [-0.15, -0.1) is 0 Å². The Hall–Kier alpha value is -2.00. The number of benzene rings is 1. The minimum Gasteiger partial charge on any atom is -0.439 e. The Kier molecular flexibility index (Phi) is 3.18. The van der Waals surface area contributed by atoms with Crippen LogP contribution in [0.4, 0.5) is 9.18 Å². The molecule has 0 aromatic heterocycles. The summed E-state index contributed by atoms with van der Waals surface area (Å²) in [6.45, 7) is -0.440. The molecule has 0 aliphatic carbocycles. The van der Waals surface area contributed by atoms with Crippen molar-refractivity contribution in [3.05, 3.63) is 30.1 Å². The number of ether oxygens (including phenoxy) is 1. The number of halogens is 1. The Bertz CT molecular complexity index is 698. The molecule has 9 heteroatoms. The van der Waals surface area contributed by atoms with Gasteiger partial charge in [-0.2, -0.15) is 4.31 Å². The third-order valence-corrected chi connectivity index (χ3v) is 5.30. The van der Waals surface area contributed by atoms with Gasteiger partial charge in [-0.1, -0.05) is 12.1 Å². The topological polar surface area (TPSA) is 84.0 Å². The van der Waals surface area contributed by atoms with E-state index in [1.165, 1.54) is 18.2 Å². The molecule has 0 saturated carbocycles. The van der Waals surface area contributed by atoms with Gasteiger partial charge in [0.05, 0.1) is 6.04 Å². The molecule has 3 rings (SSSR count). The first kappa shape index (κ1) is 14.0. The fraction of sp³-hybridized carbons (Fsp3) is 0.333. The van der Waals surface area contributed by atoms with Gasteiger partial charge >= 0.3 is 6.09 Å². The Labute approximate surface area is 119 Å². The number of carbonyl (C=O) groups is 2. The summed E-state index contributed by atoms with van der Waals surface area (Å²) in [6.07, 6.45) is -0.770. The van der Waals surface area contributed by atoms with Gasteiger partial charge in [-0.05, 0) is 12.1 Å². The monoisotopic (exact) mass is 314 g/mol. The molecule has 0 N–H and O–H groups in total. The number of hydrogen-bond acceptors (Lipinski definition) is 5. The normalized spacial score (nSPS) is 20.5. The molecule has 112 valence electrons. The fourth-order valence-corrected chi connectivity index (χ4v) is 3.87. The first-order valence-electron chi connectivity index (χ1n) is 6.15. The van der Waals surface area contributed by atoms with Gasteiger partial charge < -0.3 is 4.74 Å². The molecule has 1 aromatic carbocycles. The predicted octanol–water partition coefficient (Wildman–Crippen LogP) is 0.177. The van der Waals surface area contributed by atoms with Crippen LogP contribution >= 0.6 is 0 Å². The molecule has 21 heavy (non-hydrogen) atoms. The minimum absolute atomic E-state index is 0.0580. The molecule has 0 spiro atoms. The quantitative estimate of drug-likeness (QED) is 0.794. The largest absolute Gasteiger partial charge is 0.439 e. The Balaban J connectivity index is 1.75. The summed E-state index contributed by atoms with van der Waals surface area (Å²) in [7, 11) is -3.96. The van der Waals surface area contributed by atoms with Crippen LogP contribution in [0.3, 0.4) is 0 Å². The van der Waals surface area contributed by atoms with Crippen molar-refractivity contribution < 1.29 is 27.1 Å². The van der Waals surface area contributed by atoms with Gasteiger partial charge in [0.1, 0.15) is 10.7 Å². The molecule has 2 fully saturated rings. The Morgan fingerprint density at radius 3 is 2.43 bits per heavy atom. The van der Waals surface area contributed by atoms with Gasteiger partial charge in [0.25, 0.3) is 5.91 Å². The van der Waals surface area contributed by atoms with Crippen molar-refractivity contribution in [2.24, 2.45) is 0 Å². The summed E-state index contributed by atoms with van der Waals surface area (Å²) in [5.74, 6) is -1.33. The van der Waals surface area contributed by atoms with Crippen molar-refractivity contribution in [2.45, 2.75) is 10.9 Å². The summed E-state index contributed by atoms with van der Waals surface area (Å²) in [5.41, 5.74) is 0. The van der Waals surface area contributed by atoms with E-state index in [0.29, 0.717) is 0 Å². The lowest BCUT2D eigenvalue weighted by Gasteiger charge is -2.40. The van der Waals surface area contributed by atoms with Gasteiger partial charge in [0, 0.05) is 13.1 Å². The number of rotatable bonds is 3. The van der Waals surface area contributed by atoms with E-state index in [2.05, 4.69) is 4.74 Å². The number of imide groups is 1. The maximum Gasteiger partial charge on any atom is 0.417 e. The lowest BCUT2D eigenvalue weighted by molar-refractivity contribution is -0.128. The third-order valence-electron chi connectivity index (χ3n) is 3.43. The van der Waals surface area contributed by atoms with E-state index >= 15 is 0 Å². The van der Waals surface area contributed by atoms with E-state index in [4.69, 9.17) is 0 Å². The average Bonchev–Trinajstić information content (AvgIpc) is 2.69. The number of amides is 2. The van der Waals surface area contributed by atoms with Gasteiger partial charge in [-0.25, -0.2) is 22.5 Å². The summed E-state index contributed by atoms with van der Waals surface area (Å²) in [6, 6.07) is 4.49. The molecule has 2 aliphatic heterocycles. The van der Waals surface area contributed by atoms with E-state index < -0.39 is 38.8 Å². The maximum atomic E-state index is 13.6. The van der Waals surface area contributed by atoms with Crippen molar-refractivity contribution in [2.75, 3.05) is 19.7 Å². The van der Waals surface area contributed by atoms with Crippen LogP contribution in [0, 0.1) is 5.82 Å². The number of cyclic esters (lactones) is 1. The molecule has 0 atom stereocenters. The minimum atomic E-state index is -3.96. The van der Waals surface area contributed by atoms with Crippen LogP contribution in [0.1, 0.15) is 0 Å². The van der Waals surface area contributed by atoms with Crippen LogP contribution in [-0.2, 0) is 19.6 Å². The van der Waals surface area contributed by atoms with Crippen LogP contribution < -0.4 is 0 Å². The highest BCUT2D eigenvalue weighted by Crippen LogP contribution is 2.27. The number of hydrogen-bond donors (Lipinski definition) is 0. The zero-order chi connectivity index (χ0) is 15.2. The molecule has 1 aromatic rings. The lowest BCUT2D eigenvalue weighted by Crippen LogP contribution is -2.62. The fourth-order valence-electron chi connectivity index (χ4n) is 2.29. The van der Waals surface area contributed by atoms with Crippen LogP contribution in [0.15, 0.2) is 29.2 Å². The van der Waals surface area contributed by atoms with Crippen molar-refractivity contribution in [1.82, 2.24) is 9.21 Å². The lowest BCUT2D eigenvalue weighted by atomic mass is 10.1. The van der Waals surface area contributed by atoms with E-state index in [0.717, 1.165) is 15.3 Å². The second-order valence-corrected chi connectivity index (χ2v) is 6.63.